The van der Waals surface area contributed by atoms with Crippen LogP contribution in [-0.2, 0) is 0 Å². The first-order valence-electron chi connectivity index (χ1n) is 3.36. The molecule has 0 spiro atoms. The molecule has 2 heteroatoms. The summed E-state index contributed by atoms with van der Waals surface area (Å²) < 4.78 is 0. The quantitative estimate of drug-likeness (QED) is 0.434. The van der Waals surface area contributed by atoms with E-state index in [1.54, 1.807) is 0 Å². The number of rotatable bonds is 5. The van der Waals surface area contributed by atoms with Crippen molar-refractivity contribution in [1.82, 2.24) is 0 Å². The van der Waals surface area contributed by atoms with Crippen LogP contribution in [0.25, 0.3) is 0 Å². The molecule has 0 fully saturated rings. The molecule has 0 aromatic carbocycles. The highest BCUT2D eigenvalue weighted by molar-refractivity contribution is 4.87. The fourth-order valence-electron chi connectivity index (χ4n) is 0.635. The summed E-state index contributed by atoms with van der Waals surface area (Å²) in [6.45, 7) is 5.74. The van der Waals surface area contributed by atoms with Gasteiger partial charge in [0, 0.05) is 0 Å². The Hall–Kier alpha value is -0.660. The molecule has 9 heavy (non-hydrogen) atoms. The number of nitrogens with zero attached hydrogens (tertiary/aromatic N) is 1. The number of nitrogens with one attached hydrogen (secondary N) is 1. The van der Waals surface area contributed by atoms with Gasteiger partial charge in [-0.05, 0) is 12.8 Å². The van der Waals surface area contributed by atoms with Crippen molar-refractivity contribution in [3.8, 4) is 0 Å². The molecule has 0 aliphatic heterocycles. The van der Waals surface area contributed by atoms with E-state index in [1.165, 1.54) is 12.8 Å². The van der Waals surface area contributed by atoms with Gasteiger partial charge in [-0.1, -0.05) is 26.3 Å². The highest BCUT2D eigenvalue weighted by atomic mass is 15.0. The van der Waals surface area contributed by atoms with Crippen molar-refractivity contribution >= 4 is 0 Å². The van der Waals surface area contributed by atoms with E-state index < -0.39 is 0 Å². The molecule has 0 rings (SSSR count). The van der Waals surface area contributed by atoms with Crippen LogP contribution in [-0.4, -0.2) is 0 Å². The second kappa shape index (κ2) is 5.48. The van der Waals surface area contributed by atoms with Crippen LogP contribution in [0.1, 0.15) is 32.6 Å². The molecule has 52 valence electrons. The lowest BCUT2D eigenvalue weighted by Gasteiger charge is -1.94. The summed E-state index contributed by atoms with van der Waals surface area (Å²) in [5.41, 5.74) is 7.27. The van der Waals surface area contributed by atoms with Gasteiger partial charge in [0.25, 0.3) is 0 Å². The maximum absolute atomic E-state index is 6.57. The number of allylic oxidation sites excluding steroid dienone is 1. The van der Waals surface area contributed by atoms with Crippen molar-refractivity contribution in [2.75, 3.05) is 0 Å². The molecule has 0 bridgehead atoms. The molecule has 2 nitrogen and oxygen atoms in total. The zero-order valence-corrected chi connectivity index (χ0v) is 5.98. The van der Waals surface area contributed by atoms with Gasteiger partial charge in [0.05, 0.1) is 5.70 Å². The lowest BCUT2D eigenvalue weighted by Crippen LogP contribution is -1.76. The van der Waals surface area contributed by atoms with Gasteiger partial charge in [-0.2, -0.15) is 5.11 Å². The summed E-state index contributed by atoms with van der Waals surface area (Å²) in [6.07, 6.45) is 4.44. The topological polar surface area (TPSA) is 36.2 Å². The van der Waals surface area contributed by atoms with Crippen LogP contribution in [0.15, 0.2) is 17.4 Å². The zero-order valence-electron chi connectivity index (χ0n) is 5.98. The summed E-state index contributed by atoms with van der Waals surface area (Å²) in [4.78, 5) is 0. The minimum absolute atomic E-state index is 0.698. The van der Waals surface area contributed by atoms with Crippen LogP contribution in [0.4, 0.5) is 0 Å². The van der Waals surface area contributed by atoms with Crippen LogP contribution < -0.4 is 0 Å². The highest BCUT2D eigenvalue weighted by Crippen LogP contribution is 2.06. The number of unbranched alkanes of at least 4 members (excludes halogenated alkanes) is 2. The van der Waals surface area contributed by atoms with E-state index in [9.17, 15) is 0 Å². The van der Waals surface area contributed by atoms with Crippen molar-refractivity contribution < 1.29 is 0 Å². The molecule has 0 saturated heterocycles. The van der Waals surface area contributed by atoms with Gasteiger partial charge < -0.3 is 0 Å². The molecular weight excluding hydrogens is 112 g/mol. The van der Waals surface area contributed by atoms with Gasteiger partial charge in [0.2, 0.25) is 0 Å². The predicted octanol–water partition coefficient (Wildman–Crippen LogP) is 3.11. The second-order valence-electron chi connectivity index (χ2n) is 2.14. The van der Waals surface area contributed by atoms with Gasteiger partial charge in [0.1, 0.15) is 0 Å². The first-order valence-corrected chi connectivity index (χ1v) is 3.36. The van der Waals surface area contributed by atoms with Gasteiger partial charge in [-0.25, -0.2) is 5.53 Å². The first-order chi connectivity index (χ1) is 4.31. The Balaban J connectivity index is 3.07. The van der Waals surface area contributed by atoms with Gasteiger partial charge in [-0.15, -0.1) is 0 Å². The minimum atomic E-state index is 0.698. The fraction of sp³-hybridized carbons (Fsp3) is 0.714. The van der Waals surface area contributed by atoms with E-state index in [0.29, 0.717) is 5.70 Å². The smallest absolute Gasteiger partial charge is 0.0552 e. The fourth-order valence-corrected chi connectivity index (χ4v) is 0.635. The number of hydrogen-bond acceptors (Lipinski definition) is 2. The summed E-state index contributed by atoms with van der Waals surface area (Å²) in [7, 11) is 0. The molecule has 1 N–H and O–H groups in total. The lowest BCUT2D eigenvalue weighted by atomic mass is 10.2. The van der Waals surface area contributed by atoms with E-state index in [0.717, 1.165) is 12.8 Å². The van der Waals surface area contributed by atoms with Crippen LogP contribution in [0.5, 0.6) is 0 Å². The predicted molar refractivity (Wildman–Crippen MR) is 38.4 cm³/mol. The Morgan fingerprint density at radius 1 is 1.56 bits per heavy atom. The summed E-state index contributed by atoms with van der Waals surface area (Å²) in [5.74, 6) is 0. The van der Waals surface area contributed by atoms with Crippen molar-refractivity contribution in [1.29, 1.82) is 5.53 Å². The average molecular weight is 126 g/mol. The van der Waals surface area contributed by atoms with E-state index in [-0.39, 0.29) is 0 Å². The summed E-state index contributed by atoms with van der Waals surface area (Å²) in [5, 5.41) is 3.22. The SMILES string of the molecule is C=C(CCCCC)N=N. The molecule has 0 saturated carbocycles. The normalized spacial score (nSPS) is 9.00. The van der Waals surface area contributed by atoms with Gasteiger partial charge in [0.15, 0.2) is 0 Å². The zero-order chi connectivity index (χ0) is 7.11. The van der Waals surface area contributed by atoms with Crippen LogP contribution in [0.2, 0.25) is 0 Å². The Morgan fingerprint density at radius 2 is 2.22 bits per heavy atom. The summed E-state index contributed by atoms with van der Waals surface area (Å²) >= 11 is 0. The largest absolute Gasteiger partial charge is 0.205 e. The molecule has 0 aromatic heterocycles. The molecular formula is C7H14N2. The molecule has 0 radical (unpaired) electrons. The monoisotopic (exact) mass is 126 g/mol. The number of hydrogen-bond donors (Lipinski definition) is 1. The highest BCUT2D eigenvalue weighted by Gasteiger charge is 1.88. The minimum Gasteiger partial charge on any atom is -0.205 e. The maximum atomic E-state index is 6.57. The Labute approximate surface area is 56.5 Å². The van der Waals surface area contributed by atoms with Crippen molar-refractivity contribution in [2.24, 2.45) is 5.11 Å². The van der Waals surface area contributed by atoms with Crippen LogP contribution in [0, 0.1) is 5.53 Å². The average Bonchev–Trinajstić information content (AvgIpc) is 1.89. The lowest BCUT2D eigenvalue weighted by molar-refractivity contribution is 0.704. The van der Waals surface area contributed by atoms with E-state index >= 15 is 0 Å². The second-order valence-corrected chi connectivity index (χ2v) is 2.14. The van der Waals surface area contributed by atoms with E-state index in [4.69, 9.17) is 5.53 Å². The Bertz CT molecular complexity index is 97.1. The summed E-state index contributed by atoms with van der Waals surface area (Å²) in [6, 6.07) is 0. The maximum Gasteiger partial charge on any atom is 0.0552 e. The molecule has 0 aromatic rings. The third-order valence-corrected chi connectivity index (χ3v) is 1.23. The van der Waals surface area contributed by atoms with Gasteiger partial charge in [-0.3, -0.25) is 0 Å². The van der Waals surface area contributed by atoms with Crippen LogP contribution in [0.3, 0.4) is 0 Å². The van der Waals surface area contributed by atoms with Crippen molar-refractivity contribution in [3.63, 3.8) is 0 Å². The molecule has 0 heterocycles. The Morgan fingerprint density at radius 3 is 2.67 bits per heavy atom. The first kappa shape index (κ1) is 8.34. The standard InChI is InChI=1S/C7H14N2/c1-3-4-5-6-7(2)9-8/h8H,2-6H2,1H3. The van der Waals surface area contributed by atoms with Crippen molar-refractivity contribution in [3.05, 3.63) is 12.3 Å². The van der Waals surface area contributed by atoms with E-state index in [2.05, 4.69) is 18.6 Å². The van der Waals surface area contributed by atoms with E-state index in [1.807, 2.05) is 0 Å². The third-order valence-electron chi connectivity index (χ3n) is 1.23. The Kier molecular flexibility index (Phi) is 5.07. The molecule has 0 unspecified atom stereocenters. The molecule has 0 aliphatic carbocycles. The van der Waals surface area contributed by atoms with Crippen LogP contribution >= 0.6 is 0 Å². The molecule has 0 aliphatic rings. The third kappa shape index (κ3) is 5.21. The van der Waals surface area contributed by atoms with Crippen molar-refractivity contribution in [2.45, 2.75) is 32.6 Å². The molecule has 0 amide bonds. The van der Waals surface area contributed by atoms with Gasteiger partial charge >= 0.3 is 0 Å². The molecule has 0 atom stereocenters.